The van der Waals surface area contributed by atoms with E-state index in [1.165, 1.54) is 0 Å². The minimum Gasteiger partial charge on any atom is -0.327 e. The van der Waals surface area contributed by atoms with Crippen LogP contribution in [0.25, 0.3) is 0 Å². The molecule has 0 aliphatic heterocycles. The van der Waals surface area contributed by atoms with E-state index < -0.39 is 0 Å². The molecule has 0 saturated carbocycles. The van der Waals surface area contributed by atoms with Crippen LogP contribution in [-0.4, -0.2) is 6.04 Å². The van der Waals surface area contributed by atoms with Crippen LogP contribution in [0.3, 0.4) is 0 Å². The van der Waals surface area contributed by atoms with E-state index in [1.807, 2.05) is 13.0 Å². The maximum Gasteiger partial charge on any atom is 0.0638 e. The highest BCUT2D eigenvalue weighted by Crippen LogP contribution is 1.88. The number of nitrogens with zero attached hydrogens (tertiary/aromatic N) is 1. The molecule has 0 spiro atoms. The number of rotatable bonds is 2. The largest absolute Gasteiger partial charge is 0.327 e. The van der Waals surface area contributed by atoms with E-state index in [1.54, 1.807) is 0 Å². The van der Waals surface area contributed by atoms with Gasteiger partial charge >= 0.3 is 0 Å². The van der Waals surface area contributed by atoms with Crippen LogP contribution in [0, 0.1) is 11.3 Å². The average Bonchev–Trinajstić information content (AvgIpc) is 1.68. The normalized spacial score (nSPS) is 11.1. The van der Waals surface area contributed by atoms with Crippen LogP contribution in [-0.2, 0) is 0 Å². The van der Waals surface area contributed by atoms with Gasteiger partial charge in [0.25, 0.3) is 0 Å². The second-order valence-corrected chi connectivity index (χ2v) is 1.53. The molecular weight excluding hydrogens is 107 g/mol. The van der Waals surface area contributed by atoms with Crippen LogP contribution >= 0.6 is 0 Å². The van der Waals surface area contributed by atoms with E-state index in [9.17, 15) is 0 Å². The number of halogens is 1. The fourth-order valence-corrected chi connectivity index (χ4v) is 0.262. The van der Waals surface area contributed by atoms with Gasteiger partial charge < -0.3 is 5.73 Å². The fourth-order valence-electron chi connectivity index (χ4n) is 0.262. The third-order valence-electron chi connectivity index (χ3n) is 0.878. The Labute approximate surface area is 48.7 Å². The van der Waals surface area contributed by atoms with Gasteiger partial charge in [-0.1, -0.05) is 6.92 Å². The fraction of sp³-hybridized carbons (Fsp3) is 0.800. The summed E-state index contributed by atoms with van der Waals surface area (Å²) < 4.78 is 0. The van der Waals surface area contributed by atoms with Gasteiger partial charge in [0.15, 0.2) is 0 Å². The summed E-state index contributed by atoms with van der Waals surface area (Å²) in [6.45, 7) is 1.97. The Hall–Kier alpha value is -0.620. The molecule has 0 radical (unpaired) electrons. The molecule has 0 fully saturated rings. The van der Waals surface area contributed by atoms with Gasteiger partial charge in [-0.3, -0.25) is 4.70 Å². The summed E-state index contributed by atoms with van der Waals surface area (Å²) in [4.78, 5) is 0. The molecule has 8 heavy (non-hydrogen) atoms. The van der Waals surface area contributed by atoms with Crippen molar-refractivity contribution in [2.24, 2.45) is 5.73 Å². The van der Waals surface area contributed by atoms with Crippen molar-refractivity contribution < 1.29 is 4.70 Å². The van der Waals surface area contributed by atoms with Crippen LogP contribution in [0.2, 0.25) is 0 Å². The lowest BCUT2D eigenvalue weighted by atomic mass is 10.2. The zero-order valence-corrected chi connectivity index (χ0v) is 4.92. The van der Waals surface area contributed by atoms with Crippen LogP contribution < -0.4 is 5.73 Å². The van der Waals surface area contributed by atoms with Crippen molar-refractivity contribution in [2.45, 2.75) is 25.8 Å². The smallest absolute Gasteiger partial charge is 0.0638 e. The van der Waals surface area contributed by atoms with E-state index >= 15 is 0 Å². The van der Waals surface area contributed by atoms with Crippen molar-refractivity contribution in [3.05, 3.63) is 0 Å². The van der Waals surface area contributed by atoms with Gasteiger partial charge in [-0.25, -0.2) is 0 Å². The number of nitrogens with two attached hydrogens (primary N) is 1. The van der Waals surface area contributed by atoms with Crippen molar-refractivity contribution >= 4 is 0 Å². The second-order valence-electron chi connectivity index (χ2n) is 1.53. The summed E-state index contributed by atoms with van der Waals surface area (Å²) >= 11 is 0. The molecule has 2 nitrogen and oxygen atoms in total. The summed E-state index contributed by atoms with van der Waals surface area (Å²) in [5.41, 5.74) is 5.36. The highest BCUT2D eigenvalue weighted by Gasteiger charge is 1.93. The minimum atomic E-state index is 0. The molecular formula is C5H11FN2. The molecule has 0 heterocycles. The van der Waals surface area contributed by atoms with Crippen molar-refractivity contribution in [3.63, 3.8) is 0 Å². The van der Waals surface area contributed by atoms with Gasteiger partial charge in [-0.15, -0.1) is 0 Å². The molecule has 0 amide bonds. The molecule has 0 saturated heterocycles. The third-order valence-corrected chi connectivity index (χ3v) is 0.878. The second kappa shape index (κ2) is 6.38. The maximum absolute atomic E-state index is 8.04. The molecule has 1 atom stereocenters. The highest BCUT2D eigenvalue weighted by molar-refractivity contribution is 4.76. The Kier molecular flexibility index (Phi) is 8.28. The zero-order valence-electron chi connectivity index (χ0n) is 4.92. The standard InChI is InChI=1S/C5H10N2.FH/c1-2-5(7)3-4-6;/h5H,2-3,7H2,1H3;1H. The molecule has 0 aliphatic carbocycles. The van der Waals surface area contributed by atoms with Gasteiger partial charge in [0.05, 0.1) is 12.5 Å². The zero-order chi connectivity index (χ0) is 5.70. The molecule has 0 rings (SSSR count). The minimum absolute atomic E-state index is 0. The van der Waals surface area contributed by atoms with Crippen LogP contribution in [0.15, 0.2) is 0 Å². The molecule has 48 valence electrons. The Bertz CT molecular complexity index is 77.0. The summed E-state index contributed by atoms with van der Waals surface area (Å²) in [6.07, 6.45) is 1.38. The topological polar surface area (TPSA) is 49.8 Å². The SMILES string of the molecule is CCC(N)CC#N.F. The number of nitriles is 1. The van der Waals surface area contributed by atoms with Gasteiger partial charge in [-0.05, 0) is 6.42 Å². The molecule has 3 heteroatoms. The number of hydrogen-bond acceptors (Lipinski definition) is 2. The molecule has 0 bridgehead atoms. The van der Waals surface area contributed by atoms with Crippen LogP contribution in [0.4, 0.5) is 4.70 Å². The first-order valence-corrected chi connectivity index (χ1v) is 2.43. The lowest BCUT2D eigenvalue weighted by molar-refractivity contribution is 0.665. The monoisotopic (exact) mass is 118 g/mol. The Morgan fingerprint density at radius 1 is 1.75 bits per heavy atom. The van der Waals surface area contributed by atoms with Crippen molar-refractivity contribution in [3.8, 4) is 6.07 Å². The van der Waals surface area contributed by atoms with E-state index in [0.717, 1.165) is 6.42 Å². The van der Waals surface area contributed by atoms with Gasteiger partial charge in [0.2, 0.25) is 0 Å². The summed E-state index contributed by atoms with van der Waals surface area (Å²) in [7, 11) is 0. The summed E-state index contributed by atoms with van der Waals surface area (Å²) in [5, 5.41) is 8.04. The molecule has 0 aromatic carbocycles. The first-order chi connectivity index (χ1) is 3.31. The predicted octanol–water partition coefficient (Wildman–Crippen LogP) is 0.790. The molecule has 0 aromatic heterocycles. The molecule has 1 unspecified atom stereocenters. The van der Waals surface area contributed by atoms with E-state index in [-0.39, 0.29) is 10.7 Å². The average molecular weight is 118 g/mol. The van der Waals surface area contributed by atoms with E-state index in [0.29, 0.717) is 6.42 Å². The first-order valence-electron chi connectivity index (χ1n) is 2.43. The predicted molar refractivity (Wildman–Crippen MR) is 31.0 cm³/mol. The molecule has 0 aliphatic rings. The Balaban J connectivity index is 0. The first kappa shape index (κ1) is 10.4. The Morgan fingerprint density at radius 2 is 2.25 bits per heavy atom. The lowest BCUT2D eigenvalue weighted by Crippen LogP contribution is -2.16. The van der Waals surface area contributed by atoms with E-state index in [2.05, 4.69) is 0 Å². The van der Waals surface area contributed by atoms with Crippen LogP contribution in [0.1, 0.15) is 19.8 Å². The van der Waals surface area contributed by atoms with E-state index in [4.69, 9.17) is 11.0 Å². The summed E-state index contributed by atoms with van der Waals surface area (Å²) in [6, 6.07) is 2.08. The molecule has 0 aromatic rings. The van der Waals surface area contributed by atoms with Crippen molar-refractivity contribution in [1.82, 2.24) is 0 Å². The lowest BCUT2D eigenvalue weighted by Gasteiger charge is -1.97. The van der Waals surface area contributed by atoms with Gasteiger partial charge in [0, 0.05) is 6.04 Å². The highest BCUT2D eigenvalue weighted by atomic mass is 19.0. The van der Waals surface area contributed by atoms with Gasteiger partial charge in [-0.2, -0.15) is 5.26 Å². The third kappa shape index (κ3) is 5.38. The van der Waals surface area contributed by atoms with Gasteiger partial charge in [0.1, 0.15) is 0 Å². The van der Waals surface area contributed by atoms with Crippen molar-refractivity contribution in [1.29, 1.82) is 5.26 Å². The molecule has 2 N–H and O–H groups in total. The Morgan fingerprint density at radius 3 is 2.38 bits per heavy atom. The van der Waals surface area contributed by atoms with Crippen LogP contribution in [0.5, 0.6) is 0 Å². The maximum atomic E-state index is 8.04. The number of hydrogen-bond donors (Lipinski definition) is 1. The summed E-state index contributed by atoms with van der Waals surface area (Å²) in [5.74, 6) is 0. The quantitative estimate of drug-likeness (QED) is 0.582. The van der Waals surface area contributed by atoms with Crippen molar-refractivity contribution in [2.75, 3.05) is 0 Å².